The van der Waals surface area contributed by atoms with E-state index in [2.05, 4.69) is 40.2 Å². The van der Waals surface area contributed by atoms with Crippen LogP contribution in [0.15, 0.2) is 30.3 Å². The van der Waals surface area contributed by atoms with E-state index in [1.807, 2.05) is 11.0 Å². The highest BCUT2D eigenvalue weighted by Crippen LogP contribution is 2.15. The van der Waals surface area contributed by atoms with Crippen molar-refractivity contribution in [2.24, 2.45) is 0 Å². The molecule has 1 aromatic carbocycles. The predicted molar refractivity (Wildman–Crippen MR) is 88.7 cm³/mol. The molecule has 116 valence electrons. The maximum atomic E-state index is 12.2. The summed E-state index contributed by atoms with van der Waals surface area (Å²) in [5.74, 6) is 0.296. The number of nitrogens with zero attached hydrogens (tertiary/aromatic N) is 1. The average molecular weight is 354 g/mol. The number of piperidine rings is 1. The molecule has 0 atom stereocenters. The van der Waals surface area contributed by atoms with Gasteiger partial charge in [0.05, 0.1) is 12.7 Å². The van der Waals surface area contributed by atoms with Gasteiger partial charge in [0, 0.05) is 24.8 Å². The predicted octanol–water partition coefficient (Wildman–Crippen LogP) is 3.41. The molecular formula is C17H24BrNO2. The van der Waals surface area contributed by atoms with E-state index in [0.717, 1.165) is 50.7 Å². The minimum Gasteiger partial charge on any atom is -0.377 e. The van der Waals surface area contributed by atoms with Crippen molar-refractivity contribution in [3.8, 4) is 0 Å². The van der Waals surface area contributed by atoms with Crippen LogP contribution in [-0.2, 0) is 16.0 Å². The van der Waals surface area contributed by atoms with E-state index in [9.17, 15) is 4.79 Å². The Kier molecular flexibility index (Phi) is 7.24. The van der Waals surface area contributed by atoms with Crippen molar-refractivity contribution in [2.75, 3.05) is 25.0 Å². The Bertz CT molecular complexity index is 416. The summed E-state index contributed by atoms with van der Waals surface area (Å²) >= 11 is 3.37. The fourth-order valence-electron chi connectivity index (χ4n) is 2.73. The Morgan fingerprint density at radius 2 is 1.95 bits per heavy atom. The minimum atomic E-state index is 0.296. The van der Waals surface area contributed by atoms with Crippen molar-refractivity contribution >= 4 is 21.8 Å². The molecule has 3 nitrogen and oxygen atoms in total. The van der Waals surface area contributed by atoms with Crippen LogP contribution in [0, 0.1) is 0 Å². The zero-order valence-corrected chi connectivity index (χ0v) is 14.1. The van der Waals surface area contributed by atoms with Gasteiger partial charge in [-0.05, 0) is 31.2 Å². The smallest absolute Gasteiger partial charge is 0.222 e. The fraction of sp³-hybridized carbons (Fsp3) is 0.588. The molecule has 4 heteroatoms. The van der Waals surface area contributed by atoms with E-state index in [1.165, 1.54) is 5.56 Å². The Labute approximate surface area is 135 Å². The molecule has 1 aliphatic heterocycles. The number of hydrogen-bond donors (Lipinski definition) is 0. The molecule has 1 fully saturated rings. The zero-order valence-electron chi connectivity index (χ0n) is 12.5. The van der Waals surface area contributed by atoms with Gasteiger partial charge < -0.3 is 9.64 Å². The molecule has 0 aliphatic carbocycles. The summed E-state index contributed by atoms with van der Waals surface area (Å²) in [6.07, 6.45) is 4.84. The molecule has 1 aromatic rings. The van der Waals surface area contributed by atoms with Crippen LogP contribution in [0.2, 0.25) is 0 Å². The number of amides is 1. The summed E-state index contributed by atoms with van der Waals surface area (Å²) in [5, 5.41) is 0.881. The van der Waals surface area contributed by atoms with Crippen molar-refractivity contribution in [1.29, 1.82) is 0 Å². The summed E-state index contributed by atoms with van der Waals surface area (Å²) < 4.78 is 5.71. The van der Waals surface area contributed by atoms with Gasteiger partial charge in [0.15, 0.2) is 0 Å². The fourth-order valence-corrected chi connectivity index (χ4v) is 2.92. The van der Waals surface area contributed by atoms with E-state index in [1.54, 1.807) is 0 Å². The lowest BCUT2D eigenvalue weighted by Gasteiger charge is -2.32. The number of likely N-dealkylation sites (tertiary alicyclic amines) is 1. The minimum absolute atomic E-state index is 0.296. The number of ether oxygens (including phenoxy) is 1. The Hall–Kier alpha value is -0.870. The number of carbonyl (C=O) groups is 1. The molecule has 0 unspecified atom stereocenters. The van der Waals surface area contributed by atoms with Crippen molar-refractivity contribution < 1.29 is 9.53 Å². The van der Waals surface area contributed by atoms with Gasteiger partial charge in [-0.1, -0.05) is 46.3 Å². The highest BCUT2D eigenvalue weighted by molar-refractivity contribution is 9.09. The van der Waals surface area contributed by atoms with Crippen LogP contribution in [-0.4, -0.2) is 41.9 Å². The highest BCUT2D eigenvalue weighted by Gasteiger charge is 2.22. The molecule has 0 radical (unpaired) electrons. The van der Waals surface area contributed by atoms with Gasteiger partial charge in [0.1, 0.15) is 0 Å². The lowest BCUT2D eigenvalue weighted by molar-refractivity contribution is -0.133. The Morgan fingerprint density at radius 3 is 2.62 bits per heavy atom. The Morgan fingerprint density at radius 1 is 1.24 bits per heavy atom. The third kappa shape index (κ3) is 5.79. The number of hydrogen-bond acceptors (Lipinski definition) is 2. The van der Waals surface area contributed by atoms with Gasteiger partial charge >= 0.3 is 0 Å². The normalized spacial score (nSPS) is 16.1. The topological polar surface area (TPSA) is 29.5 Å². The monoisotopic (exact) mass is 353 g/mol. The molecule has 0 N–H and O–H groups in total. The van der Waals surface area contributed by atoms with Crippen LogP contribution in [0.1, 0.15) is 31.2 Å². The van der Waals surface area contributed by atoms with Crippen LogP contribution in [0.3, 0.4) is 0 Å². The van der Waals surface area contributed by atoms with Crippen molar-refractivity contribution in [3.05, 3.63) is 35.9 Å². The van der Waals surface area contributed by atoms with Crippen LogP contribution in [0.25, 0.3) is 0 Å². The number of alkyl halides is 1. The molecule has 2 rings (SSSR count). The van der Waals surface area contributed by atoms with E-state index in [0.29, 0.717) is 18.4 Å². The first-order chi connectivity index (χ1) is 10.3. The number of benzene rings is 1. The lowest BCUT2D eigenvalue weighted by Crippen LogP contribution is -2.41. The molecular weight excluding hydrogens is 330 g/mol. The molecule has 1 amide bonds. The van der Waals surface area contributed by atoms with E-state index < -0.39 is 0 Å². The molecule has 0 spiro atoms. The summed E-state index contributed by atoms with van der Waals surface area (Å²) in [7, 11) is 0. The second kappa shape index (κ2) is 9.21. The first-order valence-electron chi connectivity index (χ1n) is 7.79. The first-order valence-corrected chi connectivity index (χ1v) is 8.91. The summed E-state index contributed by atoms with van der Waals surface area (Å²) in [4.78, 5) is 14.2. The van der Waals surface area contributed by atoms with Crippen molar-refractivity contribution in [1.82, 2.24) is 4.90 Å². The zero-order chi connectivity index (χ0) is 14.9. The second-order valence-electron chi connectivity index (χ2n) is 5.48. The van der Waals surface area contributed by atoms with Crippen LogP contribution in [0.5, 0.6) is 0 Å². The largest absolute Gasteiger partial charge is 0.377 e. The van der Waals surface area contributed by atoms with Crippen molar-refractivity contribution in [3.63, 3.8) is 0 Å². The van der Waals surface area contributed by atoms with Gasteiger partial charge in [-0.3, -0.25) is 4.79 Å². The van der Waals surface area contributed by atoms with Crippen LogP contribution in [0.4, 0.5) is 0 Å². The standard InChI is InChI=1S/C17H24BrNO2/c18-11-14-21-16-9-12-19(13-10-16)17(20)8-4-7-15-5-2-1-3-6-15/h1-3,5-6,16H,4,7-14H2. The number of rotatable bonds is 7. The molecule has 1 aliphatic rings. The maximum Gasteiger partial charge on any atom is 0.222 e. The molecule has 1 saturated heterocycles. The van der Waals surface area contributed by atoms with Gasteiger partial charge in [0.2, 0.25) is 5.91 Å². The summed E-state index contributed by atoms with van der Waals surface area (Å²) in [6.45, 7) is 2.45. The third-order valence-corrected chi connectivity index (χ3v) is 4.25. The lowest BCUT2D eigenvalue weighted by atomic mass is 10.1. The molecule has 1 heterocycles. The van der Waals surface area contributed by atoms with E-state index >= 15 is 0 Å². The molecule has 0 saturated carbocycles. The maximum absolute atomic E-state index is 12.2. The first kappa shape index (κ1) is 16.5. The molecule has 0 bridgehead atoms. The molecule has 21 heavy (non-hydrogen) atoms. The Balaban J connectivity index is 1.63. The van der Waals surface area contributed by atoms with E-state index in [-0.39, 0.29) is 0 Å². The number of carbonyl (C=O) groups excluding carboxylic acids is 1. The van der Waals surface area contributed by atoms with Gasteiger partial charge in [-0.25, -0.2) is 0 Å². The van der Waals surface area contributed by atoms with E-state index in [4.69, 9.17) is 4.74 Å². The van der Waals surface area contributed by atoms with Gasteiger partial charge in [-0.15, -0.1) is 0 Å². The van der Waals surface area contributed by atoms with Crippen LogP contribution >= 0.6 is 15.9 Å². The summed E-state index contributed by atoms with van der Waals surface area (Å²) in [5.41, 5.74) is 1.31. The molecule has 0 aromatic heterocycles. The quantitative estimate of drug-likeness (QED) is 0.703. The summed E-state index contributed by atoms with van der Waals surface area (Å²) in [6, 6.07) is 10.4. The average Bonchev–Trinajstić information content (AvgIpc) is 2.54. The van der Waals surface area contributed by atoms with Crippen molar-refractivity contribution in [2.45, 2.75) is 38.2 Å². The van der Waals surface area contributed by atoms with Crippen LogP contribution < -0.4 is 0 Å². The number of halogens is 1. The SMILES string of the molecule is O=C(CCCc1ccccc1)N1CCC(OCCBr)CC1. The van der Waals surface area contributed by atoms with Gasteiger partial charge in [-0.2, -0.15) is 0 Å². The second-order valence-corrected chi connectivity index (χ2v) is 6.27. The third-order valence-electron chi connectivity index (χ3n) is 3.92. The highest BCUT2D eigenvalue weighted by atomic mass is 79.9. The van der Waals surface area contributed by atoms with Gasteiger partial charge in [0.25, 0.3) is 0 Å². The number of aryl methyl sites for hydroxylation is 1.